The number of carbonyl (C=O) groups excluding carboxylic acids is 3. The number of amides is 3. The molecule has 3 amide bonds. The summed E-state index contributed by atoms with van der Waals surface area (Å²) >= 11 is 0. The molecule has 0 bridgehead atoms. The van der Waals surface area contributed by atoms with Gasteiger partial charge in [-0.1, -0.05) is 13.8 Å². The van der Waals surface area contributed by atoms with E-state index in [1.165, 1.54) is 0 Å². The fraction of sp³-hybridized carbons (Fsp3) is 0.857. The highest BCUT2D eigenvalue weighted by molar-refractivity contribution is 5.87. The average molecular weight is 395 g/mol. The molecule has 0 aromatic carbocycles. The van der Waals surface area contributed by atoms with Crippen LogP contribution in [0.3, 0.4) is 0 Å². The van der Waals surface area contributed by atoms with E-state index in [2.05, 4.69) is 19.2 Å². The number of unbranched alkanes of at least 4 members (excludes halogenated alkanes) is 1. The molecule has 2 aliphatic heterocycles. The van der Waals surface area contributed by atoms with Crippen LogP contribution in [0.25, 0.3) is 0 Å². The van der Waals surface area contributed by atoms with Crippen molar-refractivity contribution in [2.24, 2.45) is 17.1 Å². The molecule has 2 aliphatic rings. The molecule has 1 spiro atoms. The van der Waals surface area contributed by atoms with Crippen LogP contribution in [-0.2, 0) is 14.4 Å². The highest BCUT2D eigenvalue weighted by Gasteiger charge is 2.46. The Kier molecular flexibility index (Phi) is 8.28. The zero-order chi connectivity index (χ0) is 20.7. The van der Waals surface area contributed by atoms with Crippen molar-refractivity contribution in [2.75, 3.05) is 32.7 Å². The quantitative estimate of drug-likeness (QED) is 0.580. The van der Waals surface area contributed by atoms with E-state index in [1.54, 1.807) is 6.92 Å². The Bertz CT molecular complexity index is 548. The molecule has 0 saturated carbocycles. The van der Waals surface area contributed by atoms with Crippen molar-refractivity contribution in [3.05, 3.63) is 0 Å². The molecule has 28 heavy (non-hydrogen) atoms. The maximum atomic E-state index is 13.1. The van der Waals surface area contributed by atoms with Crippen LogP contribution in [0.2, 0.25) is 0 Å². The minimum atomic E-state index is -0.449. The predicted octanol–water partition coefficient (Wildman–Crippen LogP) is 1.51. The molecule has 2 fully saturated rings. The van der Waals surface area contributed by atoms with Gasteiger partial charge in [-0.15, -0.1) is 0 Å². The standard InChI is InChI=1S/C21H38N4O3/c1-16(2)7-8-19(27)23-18(6-4-5-11-22)20(28)24-12-9-21(10-13-24)14-25(15-21)17(3)26/h16,18H,4-15,22H2,1-3H3,(H,23,27)/t18-/m1/s1. The van der Waals surface area contributed by atoms with Crippen LogP contribution in [0.1, 0.15) is 65.7 Å². The van der Waals surface area contributed by atoms with Gasteiger partial charge in [-0.25, -0.2) is 0 Å². The fourth-order valence-corrected chi connectivity index (χ4v) is 4.16. The van der Waals surface area contributed by atoms with Crippen LogP contribution < -0.4 is 11.1 Å². The van der Waals surface area contributed by atoms with E-state index in [-0.39, 0.29) is 23.1 Å². The zero-order valence-electron chi connectivity index (χ0n) is 17.8. The first-order valence-corrected chi connectivity index (χ1v) is 10.8. The maximum Gasteiger partial charge on any atom is 0.245 e. The molecule has 0 unspecified atom stereocenters. The van der Waals surface area contributed by atoms with Gasteiger partial charge in [0.1, 0.15) is 6.04 Å². The first-order chi connectivity index (χ1) is 13.3. The van der Waals surface area contributed by atoms with Crippen LogP contribution >= 0.6 is 0 Å². The summed E-state index contributed by atoms with van der Waals surface area (Å²) in [6, 6.07) is -0.449. The molecule has 160 valence electrons. The molecule has 7 heteroatoms. The third-order valence-electron chi connectivity index (χ3n) is 6.16. The average Bonchev–Trinajstić information content (AvgIpc) is 2.63. The number of nitrogens with zero attached hydrogens (tertiary/aromatic N) is 2. The second-order valence-electron chi connectivity index (χ2n) is 9.04. The third-order valence-corrected chi connectivity index (χ3v) is 6.16. The molecule has 0 aliphatic carbocycles. The number of carbonyl (C=O) groups is 3. The SMILES string of the molecule is CC(=O)N1CC2(CCN(C(=O)[C@@H](CCCCN)NC(=O)CCC(C)C)CC2)C1. The Morgan fingerprint density at radius 2 is 1.68 bits per heavy atom. The molecule has 3 N–H and O–H groups in total. The van der Waals surface area contributed by atoms with E-state index in [0.29, 0.717) is 38.4 Å². The molecule has 1 atom stereocenters. The molecular formula is C21H38N4O3. The molecule has 7 nitrogen and oxygen atoms in total. The van der Waals surface area contributed by atoms with Gasteiger partial charge in [0.2, 0.25) is 17.7 Å². The molecular weight excluding hydrogens is 356 g/mol. The Morgan fingerprint density at radius 1 is 1.04 bits per heavy atom. The van der Waals surface area contributed by atoms with Gasteiger partial charge in [0, 0.05) is 44.9 Å². The summed E-state index contributed by atoms with van der Waals surface area (Å²) in [5.41, 5.74) is 5.78. The molecule has 0 radical (unpaired) electrons. The minimum Gasteiger partial charge on any atom is -0.344 e. The number of hydrogen-bond donors (Lipinski definition) is 2. The van der Waals surface area contributed by atoms with Gasteiger partial charge in [-0.3, -0.25) is 14.4 Å². The first-order valence-electron chi connectivity index (χ1n) is 10.8. The molecule has 0 aromatic rings. The van der Waals surface area contributed by atoms with Crippen molar-refractivity contribution in [3.8, 4) is 0 Å². The van der Waals surface area contributed by atoms with Gasteiger partial charge < -0.3 is 20.9 Å². The van der Waals surface area contributed by atoms with Crippen molar-refractivity contribution in [3.63, 3.8) is 0 Å². The zero-order valence-corrected chi connectivity index (χ0v) is 17.8. The topological polar surface area (TPSA) is 95.7 Å². The van der Waals surface area contributed by atoms with E-state index >= 15 is 0 Å². The number of piperidine rings is 1. The van der Waals surface area contributed by atoms with Crippen molar-refractivity contribution >= 4 is 17.7 Å². The van der Waals surface area contributed by atoms with Crippen molar-refractivity contribution in [1.29, 1.82) is 0 Å². The first kappa shape index (κ1) is 22.7. The van der Waals surface area contributed by atoms with Crippen LogP contribution in [0.15, 0.2) is 0 Å². The van der Waals surface area contributed by atoms with Crippen LogP contribution in [-0.4, -0.2) is 66.3 Å². The Balaban J connectivity index is 1.87. The van der Waals surface area contributed by atoms with E-state index < -0.39 is 6.04 Å². The van der Waals surface area contributed by atoms with Crippen LogP contribution in [0.4, 0.5) is 0 Å². The monoisotopic (exact) mass is 394 g/mol. The molecule has 0 aromatic heterocycles. The van der Waals surface area contributed by atoms with Gasteiger partial charge in [0.05, 0.1) is 0 Å². The lowest BCUT2D eigenvalue weighted by molar-refractivity contribution is -0.149. The number of likely N-dealkylation sites (tertiary alicyclic amines) is 2. The summed E-state index contributed by atoms with van der Waals surface area (Å²) < 4.78 is 0. The van der Waals surface area contributed by atoms with Crippen LogP contribution in [0.5, 0.6) is 0 Å². The number of hydrogen-bond acceptors (Lipinski definition) is 4. The Hall–Kier alpha value is -1.63. The summed E-state index contributed by atoms with van der Waals surface area (Å²) in [5.74, 6) is 0.595. The van der Waals surface area contributed by atoms with Gasteiger partial charge >= 0.3 is 0 Å². The molecule has 2 saturated heterocycles. The smallest absolute Gasteiger partial charge is 0.245 e. The predicted molar refractivity (Wildman–Crippen MR) is 109 cm³/mol. The fourth-order valence-electron chi connectivity index (χ4n) is 4.16. The van der Waals surface area contributed by atoms with Gasteiger partial charge in [-0.2, -0.15) is 0 Å². The number of nitrogens with two attached hydrogens (primary N) is 1. The molecule has 2 rings (SSSR count). The van der Waals surface area contributed by atoms with E-state index in [0.717, 1.165) is 45.2 Å². The molecule has 2 heterocycles. The van der Waals surface area contributed by atoms with Gasteiger partial charge in [0.25, 0.3) is 0 Å². The van der Waals surface area contributed by atoms with Crippen molar-refractivity contribution in [2.45, 2.75) is 71.8 Å². The van der Waals surface area contributed by atoms with Gasteiger partial charge in [-0.05, 0) is 51.0 Å². The third kappa shape index (κ3) is 6.19. The summed E-state index contributed by atoms with van der Waals surface area (Å²) in [6.45, 7) is 9.44. The lowest BCUT2D eigenvalue weighted by Gasteiger charge is -2.54. The Morgan fingerprint density at radius 3 is 2.21 bits per heavy atom. The normalized spacial score (nSPS) is 19.5. The second kappa shape index (κ2) is 10.2. The highest BCUT2D eigenvalue weighted by atomic mass is 16.2. The van der Waals surface area contributed by atoms with E-state index in [4.69, 9.17) is 5.73 Å². The van der Waals surface area contributed by atoms with Crippen molar-refractivity contribution < 1.29 is 14.4 Å². The lowest BCUT2D eigenvalue weighted by Crippen LogP contribution is -2.62. The maximum absolute atomic E-state index is 13.1. The summed E-state index contributed by atoms with van der Waals surface area (Å²) in [6.07, 6.45) is 5.48. The summed E-state index contributed by atoms with van der Waals surface area (Å²) in [4.78, 5) is 40.6. The largest absolute Gasteiger partial charge is 0.344 e. The second-order valence-corrected chi connectivity index (χ2v) is 9.04. The lowest BCUT2D eigenvalue weighted by atomic mass is 9.72. The Labute approximate surface area is 169 Å². The summed E-state index contributed by atoms with van der Waals surface area (Å²) in [7, 11) is 0. The van der Waals surface area contributed by atoms with Crippen LogP contribution in [0, 0.1) is 11.3 Å². The van der Waals surface area contributed by atoms with Crippen molar-refractivity contribution in [1.82, 2.24) is 15.1 Å². The van der Waals surface area contributed by atoms with E-state index in [1.807, 2.05) is 9.80 Å². The number of rotatable bonds is 9. The minimum absolute atomic E-state index is 0.0347. The van der Waals surface area contributed by atoms with E-state index in [9.17, 15) is 14.4 Å². The number of nitrogens with one attached hydrogen (secondary N) is 1. The highest BCUT2D eigenvalue weighted by Crippen LogP contribution is 2.40. The van der Waals surface area contributed by atoms with Gasteiger partial charge in [0.15, 0.2) is 0 Å². The summed E-state index contributed by atoms with van der Waals surface area (Å²) in [5, 5.41) is 2.98.